The van der Waals surface area contributed by atoms with Crippen LogP contribution in [-0.4, -0.2) is 50.6 Å². The number of methoxy groups -OCH3 is 1. The van der Waals surface area contributed by atoms with Crippen molar-refractivity contribution in [1.29, 1.82) is 0 Å². The first-order valence-electron chi connectivity index (χ1n) is 16.5. The maximum atomic E-state index is 12.8. The molecule has 0 aromatic heterocycles. The standard InChI is InChI=1S/C38H50O7/c1-5-6-28-7-9-29(10-8-28)30-11-13-32(14-12-30)35-23-33(17-20-36(35)45-38(41)27(3)25-42-4)31-15-18-34(19-16-31)43-21-22-44-37(40)26(2)24-39/h15-20,23,28-30,32,39H,2-3,5-14,21-22,24-25H2,1,4H3. The summed E-state index contributed by atoms with van der Waals surface area (Å²) in [6.07, 6.45) is 12.8. The molecule has 2 fully saturated rings. The molecule has 7 heteroatoms. The summed E-state index contributed by atoms with van der Waals surface area (Å²) in [4.78, 5) is 24.4. The third-order valence-corrected chi connectivity index (χ3v) is 9.54. The van der Waals surface area contributed by atoms with Crippen LogP contribution in [0.1, 0.15) is 82.6 Å². The molecule has 244 valence electrons. The predicted molar refractivity (Wildman–Crippen MR) is 176 cm³/mol. The van der Waals surface area contributed by atoms with Gasteiger partial charge in [-0.15, -0.1) is 0 Å². The Morgan fingerprint density at radius 1 is 0.822 bits per heavy atom. The summed E-state index contributed by atoms with van der Waals surface area (Å²) < 4.78 is 21.7. The van der Waals surface area contributed by atoms with E-state index in [-0.39, 0.29) is 25.4 Å². The van der Waals surface area contributed by atoms with Gasteiger partial charge in [0.15, 0.2) is 0 Å². The lowest BCUT2D eigenvalue weighted by Gasteiger charge is -2.38. The number of rotatable bonds is 15. The minimum absolute atomic E-state index is 0.0113. The summed E-state index contributed by atoms with van der Waals surface area (Å²) in [6, 6.07) is 13.8. The fourth-order valence-electron chi connectivity index (χ4n) is 7.01. The fraction of sp³-hybridized carbons (Fsp3) is 0.526. The molecule has 2 saturated carbocycles. The highest BCUT2D eigenvalue weighted by Crippen LogP contribution is 2.46. The number of ether oxygens (including phenoxy) is 4. The monoisotopic (exact) mass is 618 g/mol. The fourth-order valence-corrected chi connectivity index (χ4v) is 7.01. The van der Waals surface area contributed by atoms with Crippen molar-refractivity contribution < 1.29 is 33.6 Å². The lowest BCUT2D eigenvalue weighted by atomic mass is 9.68. The van der Waals surface area contributed by atoms with E-state index in [4.69, 9.17) is 24.1 Å². The smallest absolute Gasteiger partial charge is 0.341 e. The molecule has 0 saturated heterocycles. The molecule has 1 N–H and O–H groups in total. The zero-order valence-corrected chi connectivity index (χ0v) is 27.1. The largest absolute Gasteiger partial charge is 0.490 e. The topological polar surface area (TPSA) is 91.3 Å². The first-order chi connectivity index (χ1) is 21.8. The van der Waals surface area contributed by atoms with E-state index in [9.17, 15) is 9.59 Å². The second kappa shape index (κ2) is 17.3. The SMILES string of the molecule is C=C(CO)C(=O)OCCOc1ccc(-c2ccc(OC(=O)C(=C)COC)c(C3CCC(C4CCC(CCC)CC4)CC3)c2)cc1. The molecule has 2 aromatic rings. The van der Waals surface area contributed by atoms with Gasteiger partial charge in [0.2, 0.25) is 0 Å². The Morgan fingerprint density at radius 2 is 1.47 bits per heavy atom. The zero-order chi connectivity index (χ0) is 32.2. The number of hydrogen-bond acceptors (Lipinski definition) is 7. The second-order valence-corrected chi connectivity index (χ2v) is 12.6. The quantitative estimate of drug-likeness (QED) is 0.0942. The third kappa shape index (κ3) is 9.78. The first-order valence-corrected chi connectivity index (χ1v) is 16.5. The molecule has 7 nitrogen and oxygen atoms in total. The van der Waals surface area contributed by atoms with Gasteiger partial charge in [0, 0.05) is 7.11 Å². The Hall–Kier alpha value is -3.42. The van der Waals surface area contributed by atoms with Gasteiger partial charge in [-0.05, 0) is 103 Å². The molecule has 0 amide bonds. The van der Waals surface area contributed by atoms with Gasteiger partial charge in [-0.3, -0.25) is 0 Å². The lowest BCUT2D eigenvalue weighted by molar-refractivity contribution is -0.140. The molecule has 0 atom stereocenters. The predicted octanol–water partition coefficient (Wildman–Crippen LogP) is 7.81. The summed E-state index contributed by atoms with van der Waals surface area (Å²) in [5.74, 6) is 3.06. The molecule has 0 radical (unpaired) electrons. The Labute approximate surface area is 268 Å². The molecule has 0 unspecified atom stereocenters. The van der Waals surface area contributed by atoms with E-state index >= 15 is 0 Å². The maximum absolute atomic E-state index is 12.8. The lowest BCUT2D eigenvalue weighted by Crippen LogP contribution is -2.25. The molecule has 0 bridgehead atoms. The molecule has 4 rings (SSSR count). The van der Waals surface area contributed by atoms with Gasteiger partial charge in [0.05, 0.1) is 24.4 Å². The summed E-state index contributed by atoms with van der Waals surface area (Å²) >= 11 is 0. The van der Waals surface area contributed by atoms with E-state index in [1.54, 1.807) is 0 Å². The van der Waals surface area contributed by atoms with Crippen LogP contribution in [0.3, 0.4) is 0 Å². The van der Waals surface area contributed by atoms with Crippen LogP contribution in [0.2, 0.25) is 0 Å². The van der Waals surface area contributed by atoms with Gasteiger partial charge in [0.25, 0.3) is 0 Å². The Bertz CT molecular complexity index is 1280. The van der Waals surface area contributed by atoms with Crippen LogP contribution in [0.5, 0.6) is 11.5 Å². The summed E-state index contributed by atoms with van der Waals surface area (Å²) in [5, 5.41) is 8.97. The molecule has 0 aliphatic heterocycles. The number of hydrogen-bond donors (Lipinski definition) is 1. The number of carbonyl (C=O) groups is 2. The number of carbonyl (C=O) groups excluding carboxylic acids is 2. The van der Waals surface area contributed by atoms with Crippen molar-refractivity contribution >= 4 is 11.9 Å². The molecular formula is C38H50O7. The van der Waals surface area contributed by atoms with Crippen LogP contribution < -0.4 is 9.47 Å². The summed E-state index contributed by atoms with van der Waals surface area (Å²) in [5.41, 5.74) is 3.44. The van der Waals surface area contributed by atoms with Gasteiger partial charge in [-0.2, -0.15) is 0 Å². The van der Waals surface area contributed by atoms with Gasteiger partial charge in [-0.25, -0.2) is 9.59 Å². The van der Waals surface area contributed by atoms with Gasteiger partial charge < -0.3 is 24.1 Å². The molecule has 0 spiro atoms. The van der Waals surface area contributed by atoms with Crippen LogP contribution in [0.4, 0.5) is 0 Å². The second-order valence-electron chi connectivity index (χ2n) is 12.6. The Balaban J connectivity index is 1.43. The molecule has 0 heterocycles. The van der Waals surface area contributed by atoms with Crippen molar-refractivity contribution in [3.05, 3.63) is 72.3 Å². The van der Waals surface area contributed by atoms with Gasteiger partial charge >= 0.3 is 11.9 Å². The Kier molecular flexibility index (Phi) is 13.3. The minimum Gasteiger partial charge on any atom is -0.490 e. The zero-order valence-electron chi connectivity index (χ0n) is 27.1. The van der Waals surface area contributed by atoms with Crippen molar-refractivity contribution in [1.82, 2.24) is 0 Å². The number of aliphatic hydroxyl groups excluding tert-OH is 1. The van der Waals surface area contributed by atoms with E-state index in [1.165, 1.54) is 58.5 Å². The van der Waals surface area contributed by atoms with Crippen molar-refractivity contribution in [3.8, 4) is 22.6 Å². The van der Waals surface area contributed by atoms with Crippen molar-refractivity contribution in [2.24, 2.45) is 17.8 Å². The van der Waals surface area contributed by atoms with Gasteiger partial charge in [0.1, 0.15) is 24.7 Å². The average molecular weight is 619 g/mol. The number of esters is 2. The van der Waals surface area contributed by atoms with E-state index < -0.39 is 18.5 Å². The Morgan fingerprint density at radius 3 is 2.09 bits per heavy atom. The van der Waals surface area contributed by atoms with Crippen molar-refractivity contribution in [3.63, 3.8) is 0 Å². The normalized spacial score (nSPS) is 21.5. The molecule has 2 aliphatic rings. The van der Waals surface area contributed by atoms with Crippen LogP contribution in [0.15, 0.2) is 66.8 Å². The van der Waals surface area contributed by atoms with Gasteiger partial charge in [-0.1, -0.05) is 64.0 Å². The highest BCUT2D eigenvalue weighted by atomic mass is 16.6. The number of benzene rings is 2. The average Bonchev–Trinajstić information content (AvgIpc) is 3.07. The molecular weight excluding hydrogens is 568 g/mol. The molecule has 2 aliphatic carbocycles. The highest BCUT2D eigenvalue weighted by molar-refractivity contribution is 5.90. The number of aliphatic hydroxyl groups is 1. The highest BCUT2D eigenvalue weighted by Gasteiger charge is 2.32. The van der Waals surface area contributed by atoms with Crippen LogP contribution >= 0.6 is 0 Å². The van der Waals surface area contributed by atoms with E-state index in [0.29, 0.717) is 23.0 Å². The first kappa shape index (κ1) is 34.5. The van der Waals surface area contributed by atoms with E-state index in [2.05, 4.69) is 26.1 Å². The maximum Gasteiger partial charge on any atom is 0.341 e. The summed E-state index contributed by atoms with van der Waals surface area (Å²) in [6.45, 7) is 9.52. The van der Waals surface area contributed by atoms with Crippen molar-refractivity contribution in [2.45, 2.75) is 77.0 Å². The molecule has 45 heavy (non-hydrogen) atoms. The van der Waals surface area contributed by atoms with Crippen LogP contribution in [-0.2, 0) is 19.1 Å². The summed E-state index contributed by atoms with van der Waals surface area (Å²) in [7, 11) is 1.54. The van der Waals surface area contributed by atoms with Crippen LogP contribution in [0, 0.1) is 17.8 Å². The van der Waals surface area contributed by atoms with E-state index in [0.717, 1.165) is 47.3 Å². The molecule has 2 aromatic carbocycles. The van der Waals surface area contributed by atoms with Crippen molar-refractivity contribution in [2.75, 3.05) is 33.5 Å². The third-order valence-electron chi connectivity index (χ3n) is 9.54. The van der Waals surface area contributed by atoms with E-state index in [1.807, 2.05) is 36.4 Å². The minimum atomic E-state index is -0.632. The van der Waals surface area contributed by atoms with Crippen LogP contribution in [0.25, 0.3) is 11.1 Å².